The van der Waals surface area contributed by atoms with E-state index in [2.05, 4.69) is 16.0 Å². The molecule has 0 saturated heterocycles. The molecule has 12 nitrogen and oxygen atoms in total. The number of nitrogens with one attached hydrogen (secondary N) is 3. The second-order valence-electron chi connectivity index (χ2n) is 9.34. The molecule has 0 heterocycles. The summed E-state index contributed by atoms with van der Waals surface area (Å²) >= 11 is 1.43. The maximum Gasteiger partial charge on any atom is 0.326 e. The van der Waals surface area contributed by atoms with Gasteiger partial charge in [0.05, 0.1) is 6.04 Å². The van der Waals surface area contributed by atoms with Crippen LogP contribution in [-0.4, -0.2) is 81.2 Å². The molecule has 1 aromatic carbocycles. The average Bonchev–Trinajstić information content (AvgIpc) is 2.84. The van der Waals surface area contributed by atoms with Crippen molar-refractivity contribution >= 4 is 41.4 Å². The van der Waals surface area contributed by atoms with Crippen LogP contribution in [0, 0.1) is 5.92 Å². The van der Waals surface area contributed by atoms with Crippen LogP contribution in [0.15, 0.2) is 24.3 Å². The third-order valence-corrected chi connectivity index (χ3v) is 6.22. The lowest BCUT2D eigenvalue weighted by molar-refractivity contribution is -0.142. The van der Waals surface area contributed by atoms with Crippen LogP contribution in [0.25, 0.3) is 0 Å². The summed E-state index contributed by atoms with van der Waals surface area (Å²) < 4.78 is 0. The number of carbonyl (C=O) groups excluding carboxylic acids is 3. The summed E-state index contributed by atoms with van der Waals surface area (Å²) in [5.74, 6) is -3.92. The first-order chi connectivity index (χ1) is 17.8. The van der Waals surface area contributed by atoms with Crippen LogP contribution < -0.4 is 21.7 Å². The number of hydrogen-bond acceptors (Lipinski definition) is 8. The molecule has 1 rings (SSSR count). The summed E-state index contributed by atoms with van der Waals surface area (Å²) in [6.07, 6.45) is 1.77. The lowest BCUT2D eigenvalue weighted by Crippen LogP contribution is -2.58. The fraction of sp³-hybridized carbons (Fsp3) is 0.560. The second kappa shape index (κ2) is 16.5. The van der Waals surface area contributed by atoms with E-state index in [1.807, 2.05) is 20.1 Å². The Morgan fingerprint density at radius 2 is 1.42 bits per heavy atom. The summed E-state index contributed by atoms with van der Waals surface area (Å²) in [5, 5.41) is 35.5. The van der Waals surface area contributed by atoms with Gasteiger partial charge in [0.25, 0.3) is 0 Å². The van der Waals surface area contributed by atoms with Crippen molar-refractivity contribution in [3.8, 4) is 5.75 Å². The number of hydrogen-bond donors (Lipinski definition) is 7. The molecule has 8 N–H and O–H groups in total. The van der Waals surface area contributed by atoms with Crippen LogP contribution in [0.1, 0.15) is 45.1 Å². The molecular weight excluding hydrogens is 516 g/mol. The van der Waals surface area contributed by atoms with Gasteiger partial charge in [-0.3, -0.25) is 19.2 Å². The van der Waals surface area contributed by atoms with Crippen molar-refractivity contribution in [2.24, 2.45) is 11.7 Å². The van der Waals surface area contributed by atoms with E-state index in [9.17, 15) is 34.2 Å². The Morgan fingerprint density at radius 3 is 1.95 bits per heavy atom. The van der Waals surface area contributed by atoms with Crippen LogP contribution in [0.2, 0.25) is 0 Å². The predicted octanol–water partition coefficient (Wildman–Crippen LogP) is 0.465. The fourth-order valence-corrected chi connectivity index (χ4v) is 3.98. The molecular formula is C25H38N4O8S. The number of phenols is 1. The van der Waals surface area contributed by atoms with E-state index in [1.54, 1.807) is 12.1 Å². The van der Waals surface area contributed by atoms with Gasteiger partial charge < -0.3 is 37.0 Å². The van der Waals surface area contributed by atoms with Gasteiger partial charge in [0.1, 0.15) is 23.9 Å². The number of aliphatic carboxylic acids is 2. The van der Waals surface area contributed by atoms with E-state index in [4.69, 9.17) is 10.8 Å². The highest BCUT2D eigenvalue weighted by molar-refractivity contribution is 7.98. The second-order valence-corrected chi connectivity index (χ2v) is 10.3. The first-order valence-electron chi connectivity index (χ1n) is 12.2. The Kier molecular flexibility index (Phi) is 14.2. The minimum atomic E-state index is -1.21. The molecule has 0 saturated carbocycles. The van der Waals surface area contributed by atoms with Crippen molar-refractivity contribution in [3.05, 3.63) is 29.8 Å². The minimum Gasteiger partial charge on any atom is -0.508 e. The van der Waals surface area contributed by atoms with Gasteiger partial charge in [0.15, 0.2) is 0 Å². The molecule has 0 aliphatic heterocycles. The van der Waals surface area contributed by atoms with Crippen molar-refractivity contribution in [3.63, 3.8) is 0 Å². The van der Waals surface area contributed by atoms with Crippen molar-refractivity contribution in [2.45, 2.75) is 70.1 Å². The SMILES string of the molecule is CSCCC(NC(=O)C(Cc1ccc(O)cc1)NC(=O)C(CC(C)C)NC(=O)C(N)CCC(=O)O)C(=O)O. The maximum atomic E-state index is 13.3. The molecule has 3 amide bonds. The van der Waals surface area contributed by atoms with E-state index in [1.165, 1.54) is 23.9 Å². The highest BCUT2D eigenvalue weighted by atomic mass is 32.2. The zero-order valence-electron chi connectivity index (χ0n) is 21.8. The Hall–Kier alpha value is -3.32. The Morgan fingerprint density at radius 1 is 0.868 bits per heavy atom. The van der Waals surface area contributed by atoms with Gasteiger partial charge in [-0.2, -0.15) is 11.8 Å². The summed E-state index contributed by atoms with van der Waals surface area (Å²) in [5.41, 5.74) is 6.38. The zero-order valence-corrected chi connectivity index (χ0v) is 22.6. The molecule has 0 bridgehead atoms. The van der Waals surface area contributed by atoms with E-state index in [-0.39, 0.29) is 43.8 Å². The number of phenolic OH excluding ortho intramolecular Hbond substituents is 1. The smallest absolute Gasteiger partial charge is 0.326 e. The number of rotatable bonds is 17. The number of thioether (sulfide) groups is 1. The summed E-state index contributed by atoms with van der Waals surface area (Å²) in [4.78, 5) is 61.4. The van der Waals surface area contributed by atoms with Crippen LogP contribution in [0.3, 0.4) is 0 Å². The highest BCUT2D eigenvalue weighted by Gasteiger charge is 2.31. The zero-order chi connectivity index (χ0) is 28.8. The monoisotopic (exact) mass is 554 g/mol. The molecule has 1 aromatic rings. The number of nitrogens with two attached hydrogens (primary N) is 1. The number of amides is 3. The number of carboxylic acid groups (broad SMARTS) is 2. The molecule has 0 spiro atoms. The lowest BCUT2D eigenvalue weighted by Gasteiger charge is -2.26. The third kappa shape index (κ3) is 12.3. The summed E-state index contributed by atoms with van der Waals surface area (Å²) in [7, 11) is 0. The van der Waals surface area contributed by atoms with Crippen LogP contribution >= 0.6 is 11.8 Å². The minimum absolute atomic E-state index is 0.00676. The summed E-state index contributed by atoms with van der Waals surface area (Å²) in [6, 6.07) is 1.43. The van der Waals surface area contributed by atoms with Gasteiger partial charge in [0.2, 0.25) is 17.7 Å². The van der Waals surface area contributed by atoms with Crippen LogP contribution in [0.5, 0.6) is 5.75 Å². The van der Waals surface area contributed by atoms with Crippen molar-refractivity contribution < 1.29 is 39.3 Å². The van der Waals surface area contributed by atoms with E-state index >= 15 is 0 Å². The van der Waals surface area contributed by atoms with E-state index in [0.29, 0.717) is 11.3 Å². The molecule has 0 aliphatic carbocycles. The fourth-order valence-electron chi connectivity index (χ4n) is 3.51. The quantitative estimate of drug-likeness (QED) is 0.141. The maximum absolute atomic E-state index is 13.3. The van der Waals surface area contributed by atoms with Crippen molar-refractivity contribution in [2.75, 3.05) is 12.0 Å². The molecule has 13 heteroatoms. The number of carboxylic acids is 2. The number of benzene rings is 1. The lowest BCUT2D eigenvalue weighted by atomic mass is 10.00. The number of carbonyl (C=O) groups is 5. The summed E-state index contributed by atoms with van der Waals surface area (Å²) in [6.45, 7) is 3.67. The Balaban J connectivity index is 3.12. The Bertz CT molecular complexity index is 957. The molecule has 0 fully saturated rings. The predicted molar refractivity (Wildman–Crippen MR) is 143 cm³/mol. The van der Waals surface area contributed by atoms with Gasteiger partial charge in [-0.1, -0.05) is 26.0 Å². The molecule has 4 unspecified atom stereocenters. The molecule has 4 atom stereocenters. The first kappa shape index (κ1) is 32.7. The van der Waals surface area contributed by atoms with Crippen LogP contribution in [-0.2, 0) is 30.4 Å². The van der Waals surface area contributed by atoms with Gasteiger partial charge >= 0.3 is 11.9 Å². The third-order valence-electron chi connectivity index (χ3n) is 5.58. The molecule has 0 radical (unpaired) electrons. The van der Waals surface area contributed by atoms with Crippen molar-refractivity contribution in [1.29, 1.82) is 0 Å². The largest absolute Gasteiger partial charge is 0.508 e. The average molecular weight is 555 g/mol. The first-order valence-corrected chi connectivity index (χ1v) is 13.6. The Labute approximate surface area is 226 Å². The molecule has 0 aliphatic rings. The molecule has 38 heavy (non-hydrogen) atoms. The van der Waals surface area contributed by atoms with Gasteiger partial charge in [-0.15, -0.1) is 0 Å². The number of aromatic hydroxyl groups is 1. The van der Waals surface area contributed by atoms with Gasteiger partial charge in [-0.05, 0) is 54.9 Å². The van der Waals surface area contributed by atoms with E-state index in [0.717, 1.165) is 0 Å². The van der Waals surface area contributed by atoms with Crippen LogP contribution in [0.4, 0.5) is 0 Å². The normalized spacial score (nSPS) is 14.1. The van der Waals surface area contributed by atoms with Gasteiger partial charge in [0, 0.05) is 12.8 Å². The highest BCUT2D eigenvalue weighted by Crippen LogP contribution is 2.13. The van der Waals surface area contributed by atoms with E-state index < -0.39 is 53.8 Å². The standard InChI is InChI=1S/C25H38N4O8S/c1-14(2)12-19(28-22(33)17(26)8-9-21(31)32)23(34)29-20(13-15-4-6-16(30)7-5-15)24(35)27-18(25(36)37)10-11-38-3/h4-7,14,17-20,30H,8-13,26H2,1-3H3,(H,27,35)(H,28,33)(H,29,34)(H,31,32)(H,36,37). The molecule has 0 aromatic heterocycles. The van der Waals surface area contributed by atoms with Crippen molar-refractivity contribution in [1.82, 2.24) is 16.0 Å². The van der Waals surface area contributed by atoms with Gasteiger partial charge in [-0.25, -0.2) is 4.79 Å². The topological polar surface area (TPSA) is 208 Å². The molecule has 212 valence electrons.